The number of rotatable bonds is 5. The molecule has 0 aromatic heterocycles. The molecule has 0 saturated carbocycles. The molecular weight excluding hydrogens is 210 g/mol. The van der Waals surface area contributed by atoms with Crippen LogP contribution in [0.5, 0.6) is 5.75 Å². The lowest BCUT2D eigenvalue weighted by Gasteiger charge is -2.12. The molecule has 0 radical (unpaired) electrons. The average molecular weight is 225 g/mol. The zero-order valence-electron chi connectivity index (χ0n) is 8.80. The van der Waals surface area contributed by atoms with Gasteiger partial charge in [0.1, 0.15) is 5.75 Å². The van der Waals surface area contributed by atoms with Crippen molar-refractivity contribution in [3.63, 3.8) is 0 Å². The maximum atomic E-state index is 10.6. The first-order valence-corrected chi connectivity index (χ1v) is 4.99. The van der Waals surface area contributed by atoms with Crippen molar-refractivity contribution in [1.82, 2.24) is 0 Å². The number of phenols is 1. The van der Waals surface area contributed by atoms with Gasteiger partial charge in [0.05, 0.1) is 4.92 Å². The van der Waals surface area contributed by atoms with Crippen LogP contribution >= 0.6 is 0 Å². The SMILES string of the molecule is NCCC[C@@H](N)c1cc([N+](=O)[O-])ccc1O. The van der Waals surface area contributed by atoms with Crippen LogP contribution in [0.2, 0.25) is 0 Å². The molecule has 0 aliphatic rings. The number of hydrogen-bond acceptors (Lipinski definition) is 5. The third-order valence-electron chi connectivity index (χ3n) is 2.34. The molecule has 6 heteroatoms. The molecule has 1 rings (SSSR count). The van der Waals surface area contributed by atoms with Crippen molar-refractivity contribution in [1.29, 1.82) is 0 Å². The molecule has 0 spiro atoms. The molecule has 0 aliphatic heterocycles. The van der Waals surface area contributed by atoms with Gasteiger partial charge in [0.25, 0.3) is 5.69 Å². The number of phenolic OH excluding ortho intramolecular Hbond substituents is 1. The van der Waals surface area contributed by atoms with Crippen molar-refractivity contribution >= 4 is 5.69 Å². The van der Waals surface area contributed by atoms with Crippen LogP contribution in [0.3, 0.4) is 0 Å². The van der Waals surface area contributed by atoms with Crippen LogP contribution in [-0.2, 0) is 0 Å². The standard InChI is InChI=1S/C10H15N3O3/c11-5-1-2-9(12)8-6-7(13(15)16)3-4-10(8)14/h3-4,6,9,14H,1-2,5,11-12H2/t9-/m1/s1. The van der Waals surface area contributed by atoms with Gasteiger partial charge in [-0.2, -0.15) is 0 Å². The lowest BCUT2D eigenvalue weighted by molar-refractivity contribution is -0.385. The molecule has 0 fully saturated rings. The molecule has 0 heterocycles. The van der Waals surface area contributed by atoms with Gasteiger partial charge in [0.2, 0.25) is 0 Å². The molecule has 1 aromatic rings. The number of nitro groups is 1. The molecule has 0 bridgehead atoms. The van der Waals surface area contributed by atoms with E-state index in [1.807, 2.05) is 0 Å². The molecule has 0 saturated heterocycles. The Morgan fingerprint density at radius 1 is 1.50 bits per heavy atom. The molecule has 0 aliphatic carbocycles. The molecule has 0 amide bonds. The molecule has 6 nitrogen and oxygen atoms in total. The minimum Gasteiger partial charge on any atom is -0.508 e. The topological polar surface area (TPSA) is 115 Å². The summed E-state index contributed by atoms with van der Waals surface area (Å²) in [6.45, 7) is 0.503. The monoisotopic (exact) mass is 225 g/mol. The number of nitrogens with zero attached hydrogens (tertiary/aromatic N) is 1. The average Bonchev–Trinajstić information content (AvgIpc) is 2.26. The maximum absolute atomic E-state index is 10.6. The van der Waals surface area contributed by atoms with Gasteiger partial charge in [-0.1, -0.05) is 0 Å². The maximum Gasteiger partial charge on any atom is 0.270 e. The van der Waals surface area contributed by atoms with Crippen LogP contribution in [0.15, 0.2) is 18.2 Å². The summed E-state index contributed by atoms with van der Waals surface area (Å²) in [7, 11) is 0. The van der Waals surface area contributed by atoms with E-state index in [4.69, 9.17) is 11.5 Å². The van der Waals surface area contributed by atoms with E-state index in [1.165, 1.54) is 18.2 Å². The first-order valence-electron chi connectivity index (χ1n) is 4.99. The number of benzene rings is 1. The van der Waals surface area contributed by atoms with Gasteiger partial charge in [0.15, 0.2) is 0 Å². The van der Waals surface area contributed by atoms with E-state index < -0.39 is 11.0 Å². The highest BCUT2D eigenvalue weighted by atomic mass is 16.6. The third-order valence-corrected chi connectivity index (χ3v) is 2.34. The van der Waals surface area contributed by atoms with Crippen molar-refractivity contribution in [3.05, 3.63) is 33.9 Å². The fourth-order valence-electron chi connectivity index (χ4n) is 1.45. The lowest BCUT2D eigenvalue weighted by Crippen LogP contribution is -2.13. The normalized spacial score (nSPS) is 12.4. The van der Waals surface area contributed by atoms with Gasteiger partial charge in [0, 0.05) is 23.7 Å². The van der Waals surface area contributed by atoms with Crippen molar-refractivity contribution in [2.24, 2.45) is 11.5 Å². The highest BCUT2D eigenvalue weighted by molar-refractivity contribution is 5.44. The Kier molecular flexibility index (Phi) is 4.21. The van der Waals surface area contributed by atoms with E-state index in [9.17, 15) is 15.2 Å². The summed E-state index contributed by atoms with van der Waals surface area (Å²) in [6, 6.07) is 3.41. The predicted molar refractivity (Wildman–Crippen MR) is 60.0 cm³/mol. The Morgan fingerprint density at radius 3 is 2.75 bits per heavy atom. The largest absolute Gasteiger partial charge is 0.508 e. The van der Waals surface area contributed by atoms with Crippen LogP contribution in [-0.4, -0.2) is 16.6 Å². The fraction of sp³-hybridized carbons (Fsp3) is 0.400. The molecule has 5 N–H and O–H groups in total. The summed E-state index contributed by atoms with van der Waals surface area (Å²) in [5, 5.41) is 20.1. The van der Waals surface area contributed by atoms with Crippen LogP contribution in [0.1, 0.15) is 24.4 Å². The first-order chi connectivity index (χ1) is 7.56. The van der Waals surface area contributed by atoms with E-state index in [1.54, 1.807) is 0 Å². The summed E-state index contributed by atoms with van der Waals surface area (Å²) in [4.78, 5) is 10.0. The van der Waals surface area contributed by atoms with Crippen LogP contribution in [0, 0.1) is 10.1 Å². The Hall–Kier alpha value is -1.66. The van der Waals surface area contributed by atoms with Gasteiger partial charge >= 0.3 is 0 Å². The van der Waals surface area contributed by atoms with Gasteiger partial charge in [-0.3, -0.25) is 10.1 Å². The molecule has 0 unspecified atom stereocenters. The van der Waals surface area contributed by atoms with E-state index in [0.29, 0.717) is 24.9 Å². The summed E-state index contributed by atoms with van der Waals surface area (Å²) in [5.41, 5.74) is 11.5. The number of nitro benzene ring substituents is 1. The number of aromatic hydroxyl groups is 1. The second kappa shape index (κ2) is 5.43. The smallest absolute Gasteiger partial charge is 0.270 e. The summed E-state index contributed by atoms with van der Waals surface area (Å²) in [6.07, 6.45) is 1.30. The highest BCUT2D eigenvalue weighted by Crippen LogP contribution is 2.29. The van der Waals surface area contributed by atoms with Crippen LogP contribution in [0.25, 0.3) is 0 Å². The molecule has 16 heavy (non-hydrogen) atoms. The zero-order chi connectivity index (χ0) is 12.1. The minimum atomic E-state index is -0.515. The number of nitrogens with two attached hydrogens (primary N) is 2. The fourth-order valence-corrected chi connectivity index (χ4v) is 1.45. The zero-order valence-corrected chi connectivity index (χ0v) is 8.80. The van der Waals surface area contributed by atoms with E-state index in [0.717, 1.165) is 0 Å². The van der Waals surface area contributed by atoms with E-state index >= 15 is 0 Å². The Bertz CT molecular complexity index is 382. The highest BCUT2D eigenvalue weighted by Gasteiger charge is 2.15. The minimum absolute atomic E-state index is 0.0184. The molecule has 88 valence electrons. The Balaban J connectivity index is 2.92. The number of hydrogen-bond donors (Lipinski definition) is 3. The molecule has 1 atom stereocenters. The summed E-state index contributed by atoms with van der Waals surface area (Å²) < 4.78 is 0. The Labute approximate surface area is 93.0 Å². The summed E-state index contributed by atoms with van der Waals surface area (Å²) in [5.74, 6) is -0.0184. The first kappa shape index (κ1) is 12.4. The van der Waals surface area contributed by atoms with E-state index in [-0.39, 0.29) is 11.4 Å². The Morgan fingerprint density at radius 2 is 2.19 bits per heavy atom. The quantitative estimate of drug-likeness (QED) is 0.511. The predicted octanol–water partition coefficient (Wildman–Crippen LogP) is 1.04. The van der Waals surface area contributed by atoms with Crippen molar-refractivity contribution in [2.75, 3.05) is 6.54 Å². The second-order valence-corrected chi connectivity index (χ2v) is 3.54. The molecule has 1 aromatic carbocycles. The van der Waals surface area contributed by atoms with Crippen molar-refractivity contribution < 1.29 is 10.0 Å². The van der Waals surface area contributed by atoms with Gasteiger partial charge in [-0.25, -0.2) is 0 Å². The van der Waals surface area contributed by atoms with Crippen molar-refractivity contribution in [3.8, 4) is 5.75 Å². The van der Waals surface area contributed by atoms with Crippen LogP contribution < -0.4 is 11.5 Å². The van der Waals surface area contributed by atoms with Gasteiger partial charge < -0.3 is 16.6 Å². The molecular formula is C10H15N3O3. The van der Waals surface area contributed by atoms with Crippen LogP contribution in [0.4, 0.5) is 5.69 Å². The van der Waals surface area contributed by atoms with Gasteiger partial charge in [-0.15, -0.1) is 0 Å². The second-order valence-electron chi connectivity index (χ2n) is 3.54. The lowest BCUT2D eigenvalue weighted by atomic mass is 10.0. The third kappa shape index (κ3) is 2.91. The van der Waals surface area contributed by atoms with E-state index in [2.05, 4.69) is 0 Å². The van der Waals surface area contributed by atoms with Gasteiger partial charge in [-0.05, 0) is 25.5 Å². The number of non-ortho nitro benzene ring substituents is 1. The van der Waals surface area contributed by atoms with Crippen molar-refractivity contribution in [2.45, 2.75) is 18.9 Å². The summed E-state index contributed by atoms with van der Waals surface area (Å²) >= 11 is 0.